The molecule has 0 aliphatic heterocycles. The van der Waals surface area contributed by atoms with E-state index in [1.54, 1.807) is 0 Å². The summed E-state index contributed by atoms with van der Waals surface area (Å²) in [5, 5.41) is 13.4. The van der Waals surface area contributed by atoms with Crippen molar-refractivity contribution < 1.29 is 22.4 Å². The number of halogens is 1. The van der Waals surface area contributed by atoms with Crippen molar-refractivity contribution in [2.75, 3.05) is 27.7 Å². The van der Waals surface area contributed by atoms with Gasteiger partial charge in [-0.2, -0.15) is 22.0 Å². The molecule has 0 aliphatic rings. The molecule has 0 atom stereocenters. The van der Waals surface area contributed by atoms with Crippen molar-refractivity contribution in [1.82, 2.24) is 18.8 Å². The first-order valence-electron chi connectivity index (χ1n) is 6.67. The van der Waals surface area contributed by atoms with Crippen molar-refractivity contribution in [3.8, 4) is 17.2 Å². The van der Waals surface area contributed by atoms with E-state index in [9.17, 15) is 17.9 Å². The highest BCUT2D eigenvalue weighted by molar-refractivity contribution is 7.86. The molecule has 0 bridgehead atoms. The quantitative estimate of drug-likeness (QED) is 0.834. The fourth-order valence-corrected chi connectivity index (χ4v) is 2.68. The zero-order valence-corrected chi connectivity index (χ0v) is 13.7. The van der Waals surface area contributed by atoms with Crippen LogP contribution in [0.1, 0.15) is 5.82 Å². The number of benzene rings is 1. The van der Waals surface area contributed by atoms with E-state index >= 15 is 0 Å². The smallest absolute Gasteiger partial charge is 0.281 e. The summed E-state index contributed by atoms with van der Waals surface area (Å²) in [5.41, 5.74) is 0.0815. The summed E-state index contributed by atoms with van der Waals surface area (Å²) in [6.07, 6.45) is 0.211. The summed E-state index contributed by atoms with van der Waals surface area (Å²) in [6, 6.07) is 3.96. The van der Waals surface area contributed by atoms with Crippen LogP contribution < -0.4 is 0 Å². The van der Waals surface area contributed by atoms with Gasteiger partial charge in [0, 0.05) is 34.1 Å². The van der Waals surface area contributed by atoms with Gasteiger partial charge in [-0.05, 0) is 12.1 Å². The monoisotopic (exact) mass is 344 g/mol. The second-order valence-electron chi connectivity index (χ2n) is 5.01. The van der Waals surface area contributed by atoms with Crippen LogP contribution in [0, 0.1) is 5.82 Å². The van der Waals surface area contributed by atoms with Crippen LogP contribution in [-0.2, 0) is 16.6 Å². The van der Waals surface area contributed by atoms with Gasteiger partial charge in [-0.15, -0.1) is 0 Å². The molecule has 0 spiro atoms. The molecule has 1 aromatic carbocycles. The Morgan fingerprint density at radius 3 is 2.65 bits per heavy atom. The minimum Gasteiger partial charge on any atom is -0.504 e. The van der Waals surface area contributed by atoms with Crippen molar-refractivity contribution in [2.45, 2.75) is 6.42 Å². The minimum atomic E-state index is -3.51. The van der Waals surface area contributed by atoms with E-state index in [2.05, 4.69) is 10.1 Å². The van der Waals surface area contributed by atoms with Crippen LogP contribution in [0.25, 0.3) is 11.5 Å². The molecule has 0 radical (unpaired) electrons. The summed E-state index contributed by atoms with van der Waals surface area (Å²) in [4.78, 5) is 4.04. The summed E-state index contributed by atoms with van der Waals surface area (Å²) in [7, 11) is 0.796. The molecule has 0 saturated heterocycles. The van der Waals surface area contributed by atoms with Crippen LogP contribution in [0.15, 0.2) is 22.7 Å². The lowest BCUT2D eigenvalue weighted by molar-refractivity contribution is 0.399. The average molecular weight is 344 g/mol. The van der Waals surface area contributed by atoms with E-state index < -0.39 is 21.8 Å². The molecule has 0 fully saturated rings. The first kappa shape index (κ1) is 17.3. The zero-order valence-electron chi connectivity index (χ0n) is 12.9. The molecule has 126 valence electrons. The molecule has 8 nitrogen and oxygen atoms in total. The third-order valence-electron chi connectivity index (χ3n) is 3.19. The maximum Gasteiger partial charge on any atom is 0.281 e. The molecule has 2 rings (SSSR count). The fraction of sp³-hybridized carbons (Fsp3) is 0.385. The fourth-order valence-electron chi connectivity index (χ4n) is 1.80. The number of hydrogen-bond acceptors (Lipinski definition) is 6. The van der Waals surface area contributed by atoms with E-state index in [0.29, 0.717) is 0 Å². The van der Waals surface area contributed by atoms with Crippen LogP contribution in [-0.4, -0.2) is 60.0 Å². The largest absolute Gasteiger partial charge is 0.504 e. The Labute approximate surface area is 133 Å². The van der Waals surface area contributed by atoms with Crippen molar-refractivity contribution in [3.05, 3.63) is 29.8 Å². The number of rotatable bonds is 6. The van der Waals surface area contributed by atoms with E-state index in [1.807, 2.05) is 0 Å². The Kier molecular flexibility index (Phi) is 4.97. The zero-order chi connectivity index (χ0) is 17.2. The molecular formula is C13H17FN4O4S. The lowest BCUT2D eigenvalue weighted by atomic mass is 10.2. The standard InChI is InChI=1S/C13H17FN4O4S/c1-17(2)23(20,21)18(3)8-7-11-15-13(22-16-11)9-5-4-6-10(14)12(9)19/h4-6,19H,7-8H2,1-3H3. The molecule has 0 amide bonds. The minimum absolute atomic E-state index is 0.0323. The number of phenolic OH excluding ortho intramolecular Hbond substituents is 1. The molecule has 2 aromatic rings. The maximum atomic E-state index is 13.3. The second-order valence-corrected chi connectivity index (χ2v) is 7.26. The Hall–Kier alpha value is -2.04. The Bertz CT molecular complexity index is 791. The predicted octanol–water partition coefficient (Wildman–Crippen LogP) is 0.862. The number of hydrogen-bond donors (Lipinski definition) is 1. The number of para-hydroxylation sites is 1. The van der Waals surface area contributed by atoms with Gasteiger partial charge in [0.15, 0.2) is 17.4 Å². The highest BCUT2D eigenvalue weighted by atomic mass is 32.2. The van der Waals surface area contributed by atoms with Crippen molar-refractivity contribution >= 4 is 10.2 Å². The molecule has 1 aromatic heterocycles. The lowest BCUT2D eigenvalue weighted by Crippen LogP contribution is -2.38. The number of aromatic hydroxyl groups is 1. The summed E-state index contributed by atoms with van der Waals surface area (Å²) in [5.74, 6) is -1.14. The predicted molar refractivity (Wildman–Crippen MR) is 80.3 cm³/mol. The van der Waals surface area contributed by atoms with Gasteiger partial charge in [0.1, 0.15) is 0 Å². The van der Waals surface area contributed by atoms with Gasteiger partial charge in [0.25, 0.3) is 16.1 Å². The van der Waals surface area contributed by atoms with Crippen molar-refractivity contribution in [2.24, 2.45) is 0 Å². The average Bonchev–Trinajstić information content (AvgIpc) is 2.96. The van der Waals surface area contributed by atoms with Crippen LogP contribution in [0.4, 0.5) is 4.39 Å². The van der Waals surface area contributed by atoms with Crippen LogP contribution in [0.5, 0.6) is 5.75 Å². The van der Waals surface area contributed by atoms with E-state index in [0.717, 1.165) is 14.7 Å². The summed E-state index contributed by atoms with van der Waals surface area (Å²) < 4.78 is 44.3. The Morgan fingerprint density at radius 1 is 1.30 bits per heavy atom. The Balaban J connectivity index is 2.10. The number of likely N-dealkylation sites (N-methyl/N-ethyl adjacent to an activating group) is 1. The van der Waals surface area contributed by atoms with Crippen LogP contribution in [0.3, 0.4) is 0 Å². The highest BCUT2D eigenvalue weighted by Gasteiger charge is 2.21. The maximum absolute atomic E-state index is 13.3. The number of phenols is 1. The van der Waals surface area contributed by atoms with Gasteiger partial charge in [-0.3, -0.25) is 0 Å². The normalized spacial score (nSPS) is 12.3. The van der Waals surface area contributed by atoms with Crippen LogP contribution in [0.2, 0.25) is 0 Å². The number of nitrogens with zero attached hydrogens (tertiary/aromatic N) is 4. The van der Waals surface area contributed by atoms with Gasteiger partial charge < -0.3 is 9.63 Å². The third kappa shape index (κ3) is 3.66. The number of aromatic nitrogens is 2. The third-order valence-corrected chi connectivity index (χ3v) is 5.08. The van der Waals surface area contributed by atoms with E-state index in [-0.39, 0.29) is 30.2 Å². The first-order valence-corrected chi connectivity index (χ1v) is 8.07. The molecule has 10 heteroatoms. The van der Waals surface area contributed by atoms with Gasteiger partial charge in [-0.25, -0.2) is 4.39 Å². The Morgan fingerprint density at radius 2 is 2.00 bits per heavy atom. The molecular weight excluding hydrogens is 327 g/mol. The topological polar surface area (TPSA) is 99.8 Å². The van der Waals surface area contributed by atoms with Gasteiger partial charge in [-0.1, -0.05) is 11.2 Å². The lowest BCUT2D eigenvalue weighted by Gasteiger charge is -2.20. The molecule has 1 heterocycles. The first-order chi connectivity index (χ1) is 10.7. The highest BCUT2D eigenvalue weighted by Crippen LogP contribution is 2.29. The van der Waals surface area contributed by atoms with Crippen molar-refractivity contribution in [3.63, 3.8) is 0 Å². The SMILES string of the molecule is CN(C)S(=O)(=O)N(C)CCc1noc(-c2cccc(F)c2O)n1. The molecule has 23 heavy (non-hydrogen) atoms. The van der Waals surface area contributed by atoms with Crippen LogP contribution >= 0.6 is 0 Å². The van der Waals surface area contributed by atoms with Crippen molar-refractivity contribution in [1.29, 1.82) is 0 Å². The van der Waals surface area contributed by atoms with Gasteiger partial charge in [0.05, 0.1) is 5.56 Å². The molecule has 0 saturated carbocycles. The molecule has 0 unspecified atom stereocenters. The molecule has 1 N–H and O–H groups in total. The molecule has 0 aliphatic carbocycles. The summed E-state index contributed by atoms with van der Waals surface area (Å²) >= 11 is 0. The van der Waals surface area contributed by atoms with E-state index in [1.165, 1.54) is 33.3 Å². The second kappa shape index (κ2) is 6.60. The van der Waals surface area contributed by atoms with Gasteiger partial charge in [0.2, 0.25) is 0 Å². The van der Waals surface area contributed by atoms with E-state index in [4.69, 9.17) is 4.52 Å². The van der Waals surface area contributed by atoms with Gasteiger partial charge >= 0.3 is 0 Å². The summed E-state index contributed by atoms with van der Waals surface area (Å²) in [6.45, 7) is 0.147.